The number of aliphatic hydroxyl groups excluding tert-OH is 1. The Hall–Kier alpha value is -2.82. The van der Waals surface area contributed by atoms with Crippen LogP contribution >= 0.6 is 0 Å². The highest BCUT2D eigenvalue weighted by Gasteiger charge is 2.20. The molecule has 0 aromatic rings. The minimum atomic E-state index is 0.00184. The summed E-state index contributed by atoms with van der Waals surface area (Å²) in [5.74, 6) is 1.72. The molecule has 31 heavy (non-hydrogen) atoms. The van der Waals surface area contributed by atoms with Crippen molar-refractivity contribution in [3.8, 4) is 0 Å². The van der Waals surface area contributed by atoms with Gasteiger partial charge < -0.3 is 20.6 Å². The van der Waals surface area contributed by atoms with Crippen LogP contribution in [-0.4, -0.2) is 23.6 Å². The Balaban J connectivity index is 3.27. The summed E-state index contributed by atoms with van der Waals surface area (Å²) in [4.78, 5) is 4.86. The van der Waals surface area contributed by atoms with Crippen molar-refractivity contribution in [2.24, 2.45) is 10.9 Å². The van der Waals surface area contributed by atoms with E-state index in [0.717, 1.165) is 30.5 Å². The SMILES string of the molecule is C=C(C)\C(=C/C=C(C)/C(O)=C(\NC(=C/C)/N=C(\C=C\CC)C1CCCC1)C(C)=N)OC. The second kappa shape index (κ2) is 13.5. The van der Waals surface area contributed by atoms with Crippen LogP contribution in [0.25, 0.3) is 0 Å². The molecule has 1 aliphatic carbocycles. The third-order valence-electron chi connectivity index (χ3n) is 5.18. The van der Waals surface area contributed by atoms with Crippen LogP contribution in [0.4, 0.5) is 0 Å². The molecule has 1 fully saturated rings. The molecule has 1 saturated carbocycles. The smallest absolute Gasteiger partial charge is 0.143 e. The zero-order valence-corrected chi connectivity index (χ0v) is 20.0. The molecule has 0 saturated heterocycles. The van der Waals surface area contributed by atoms with Gasteiger partial charge in [0.15, 0.2) is 0 Å². The Labute approximate surface area is 188 Å². The lowest BCUT2D eigenvalue weighted by Gasteiger charge is -2.16. The molecule has 3 N–H and O–H groups in total. The lowest BCUT2D eigenvalue weighted by Crippen LogP contribution is -2.21. The van der Waals surface area contributed by atoms with Crippen LogP contribution in [-0.2, 0) is 4.74 Å². The number of allylic oxidation sites excluding steroid dienone is 8. The Bertz CT molecular complexity index is 833. The van der Waals surface area contributed by atoms with Crippen molar-refractivity contribution in [1.82, 2.24) is 5.32 Å². The Morgan fingerprint density at radius 1 is 1.23 bits per heavy atom. The summed E-state index contributed by atoms with van der Waals surface area (Å²) in [6.45, 7) is 13.2. The van der Waals surface area contributed by atoms with Crippen molar-refractivity contribution < 1.29 is 9.84 Å². The summed E-state index contributed by atoms with van der Waals surface area (Å²) in [5, 5.41) is 22.2. The van der Waals surface area contributed by atoms with Crippen molar-refractivity contribution in [1.29, 1.82) is 5.41 Å². The van der Waals surface area contributed by atoms with Crippen molar-refractivity contribution in [3.63, 3.8) is 0 Å². The predicted octanol–water partition coefficient (Wildman–Crippen LogP) is 6.90. The summed E-state index contributed by atoms with van der Waals surface area (Å²) < 4.78 is 5.28. The molecule has 0 unspecified atom stereocenters. The number of aliphatic imine (C=N–C) groups is 1. The number of aliphatic hydroxyl groups is 1. The van der Waals surface area contributed by atoms with Gasteiger partial charge in [0.2, 0.25) is 0 Å². The normalized spacial score (nSPS) is 17.7. The number of methoxy groups -OCH3 is 1. The van der Waals surface area contributed by atoms with E-state index in [1.54, 1.807) is 33.1 Å². The van der Waals surface area contributed by atoms with Crippen molar-refractivity contribution >= 4 is 11.4 Å². The molecule has 1 aliphatic rings. The predicted molar refractivity (Wildman–Crippen MR) is 132 cm³/mol. The van der Waals surface area contributed by atoms with Crippen LogP contribution in [0.3, 0.4) is 0 Å². The number of hydrogen-bond acceptors (Lipinski definition) is 5. The first-order chi connectivity index (χ1) is 14.7. The number of hydrogen-bond donors (Lipinski definition) is 3. The van der Waals surface area contributed by atoms with Crippen molar-refractivity contribution in [2.45, 2.75) is 66.7 Å². The van der Waals surface area contributed by atoms with Gasteiger partial charge in [-0.3, -0.25) is 0 Å². The number of nitrogens with zero attached hydrogens (tertiary/aromatic N) is 1. The zero-order valence-electron chi connectivity index (χ0n) is 20.0. The van der Waals surface area contributed by atoms with Gasteiger partial charge in [-0.2, -0.15) is 0 Å². The van der Waals surface area contributed by atoms with Gasteiger partial charge >= 0.3 is 0 Å². The summed E-state index contributed by atoms with van der Waals surface area (Å²) in [7, 11) is 1.58. The Morgan fingerprint density at radius 2 is 1.87 bits per heavy atom. The molecule has 0 aromatic heterocycles. The molecule has 0 heterocycles. The first-order valence-corrected chi connectivity index (χ1v) is 11.0. The molecular weight excluding hydrogens is 386 g/mol. The van der Waals surface area contributed by atoms with Gasteiger partial charge in [-0.25, -0.2) is 4.99 Å². The molecule has 5 heteroatoms. The largest absolute Gasteiger partial charge is 0.505 e. The fourth-order valence-electron chi connectivity index (χ4n) is 3.35. The second-order valence-corrected chi connectivity index (χ2v) is 7.84. The monoisotopic (exact) mass is 425 g/mol. The van der Waals surface area contributed by atoms with Crippen molar-refractivity contribution in [3.05, 3.63) is 71.1 Å². The van der Waals surface area contributed by atoms with Crippen LogP contribution in [0.5, 0.6) is 0 Å². The molecule has 0 atom stereocenters. The van der Waals surface area contributed by atoms with Gasteiger partial charge in [0.1, 0.15) is 23.0 Å². The minimum Gasteiger partial charge on any atom is -0.505 e. The van der Waals surface area contributed by atoms with Gasteiger partial charge in [0.25, 0.3) is 0 Å². The fourth-order valence-corrected chi connectivity index (χ4v) is 3.35. The lowest BCUT2D eigenvalue weighted by atomic mass is 10.0. The lowest BCUT2D eigenvalue weighted by molar-refractivity contribution is 0.301. The zero-order chi connectivity index (χ0) is 23.4. The second-order valence-electron chi connectivity index (χ2n) is 7.84. The topological polar surface area (TPSA) is 77.7 Å². The molecule has 0 radical (unpaired) electrons. The van der Waals surface area contributed by atoms with E-state index in [1.165, 1.54) is 12.8 Å². The average molecular weight is 426 g/mol. The minimum absolute atomic E-state index is 0.00184. The highest BCUT2D eigenvalue weighted by Crippen LogP contribution is 2.27. The molecule has 0 amide bonds. The van der Waals surface area contributed by atoms with Crippen LogP contribution < -0.4 is 5.32 Å². The molecular formula is C26H39N3O2. The molecule has 0 spiro atoms. The summed E-state index contributed by atoms with van der Waals surface area (Å²) >= 11 is 0. The molecule has 0 bridgehead atoms. The van der Waals surface area contributed by atoms with E-state index in [4.69, 9.17) is 15.1 Å². The molecule has 170 valence electrons. The van der Waals surface area contributed by atoms with E-state index in [-0.39, 0.29) is 11.5 Å². The summed E-state index contributed by atoms with van der Waals surface area (Å²) in [6, 6.07) is 0. The van der Waals surface area contributed by atoms with E-state index >= 15 is 0 Å². The van der Waals surface area contributed by atoms with E-state index < -0.39 is 0 Å². The number of nitrogens with one attached hydrogen (secondary N) is 2. The number of ether oxygens (including phenoxy) is 1. The first-order valence-electron chi connectivity index (χ1n) is 11.0. The van der Waals surface area contributed by atoms with Crippen LogP contribution in [0.2, 0.25) is 0 Å². The van der Waals surface area contributed by atoms with Crippen molar-refractivity contribution in [2.75, 3.05) is 7.11 Å². The van der Waals surface area contributed by atoms with E-state index in [9.17, 15) is 5.11 Å². The van der Waals surface area contributed by atoms with Gasteiger partial charge in [0, 0.05) is 11.6 Å². The van der Waals surface area contributed by atoms with E-state index in [1.807, 2.05) is 19.9 Å². The maximum atomic E-state index is 10.8. The molecule has 0 aromatic carbocycles. The first kappa shape index (κ1) is 26.2. The van der Waals surface area contributed by atoms with Crippen LogP contribution in [0.1, 0.15) is 66.7 Å². The third kappa shape index (κ3) is 8.44. The molecule has 5 nitrogen and oxygen atoms in total. The van der Waals surface area contributed by atoms with Gasteiger partial charge in [-0.15, -0.1) is 0 Å². The van der Waals surface area contributed by atoms with Crippen LogP contribution in [0, 0.1) is 11.3 Å². The maximum absolute atomic E-state index is 10.8. The van der Waals surface area contributed by atoms with Gasteiger partial charge in [0.05, 0.1) is 12.8 Å². The molecule has 1 rings (SSSR count). The summed E-state index contributed by atoms with van der Waals surface area (Å²) in [5.41, 5.74) is 3.01. The standard InChI is InChI=1S/C26H39N3O2/c1-8-10-15-22(21-13-11-12-14-21)28-24(9-2)29-25(20(6)27)26(30)19(5)16-17-23(31-7)18(3)4/h9-10,15-17,21,27,29-30H,3,8,11-14H2,1-2,4-7H3/b15-10+,19-16+,23-17+,24-9+,26-25+,27-20?,28-22+. The fraction of sp³-hybridized carbons (Fsp3) is 0.462. The Kier molecular flexibility index (Phi) is 11.4. The summed E-state index contributed by atoms with van der Waals surface area (Å²) in [6.07, 6.45) is 15.4. The highest BCUT2D eigenvalue weighted by molar-refractivity contribution is 5.98. The number of rotatable bonds is 11. The van der Waals surface area contributed by atoms with Gasteiger partial charge in [-0.05, 0) is 76.3 Å². The van der Waals surface area contributed by atoms with E-state index in [2.05, 4.69) is 31.0 Å². The van der Waals surface area contributed by atoms with E-state index in [0.29, 0.717) is 28.8 Å². The third-order valence-corrected chi connectivity index (χ3v) is 5.18. The Morgan fingerprint density at radius 3 is 2.35 bits per heavy atom. The van der Waals surface area contributed by atoms with Gasteiger partial charge in [-0.1, -0.05) is 38.5 Å². The molecule has 0 aliphatic heterocycles. The average Bonchev–Trinajstić information content (AvgIpc) is 3.27. The highest BCUT2D eigenvalue weighted by atomic mass is 16.5. The quantitative estimate of drug-likeness (QED) is 0.191. The van der Waals surface area contributed by atoms with Crippen LogP contribution in [0.15, 0.2) is 76.1 Å². The maximum Gasteiger partial charge on any atom is 0.143 e.